The van der Waals surface area contributed by atoms with Crippen molar-refractivity contribution in [2.24, 2.45) is 0 Å². The lowest BCUT2D eigenvalue weighted by atomic mass is 10.0. The molecule has 0 unspecified atom stereocenters. The van der Waals surface area contributed by atoms with Gasteiger partial charge in [-0.15, -0.1) is 0 Å². The van der Waals surface area contributed by atoms with Crippen molar-refractivity contribution < 1.29 is 32.5 Å². The molecule has 42 heavy (non-hydrogen) atoms. The lowest BCUT2D eigenvalue weighted by molar-refractivity contribution is -0.211. The first-order valence-corrected chi connectivity index (χ1v) is 13.7. The molecule has 2 fully saturated rings. The van der Waals surface area contributed by atoms with Crippen molar-refractivity contribution in [3.8, 4) is 23.1 Å². The van der Waals surface area contributed by atoms with Crippen LogP contribution in [0.1, 0.15) is 29.8 Å². The molecule has 1 amide bonds. The Morgan fingerprint density at radius 2 is 1.81 bits per heavy atom. The Morgan fingerprint density at radius 1 is 1.10 bits per heavy atom. The fourth-order valence-corrected chi connectivity index (χ4v) is 5.04. The molecular formula is C30H30F3N5O4. The highest BCUT2D eigenvalue weighted by atomic mass is 19.4. The molecule has 3 aromatic rings. The molecule has 0 radical (unpaired) electrons. The van der Waals surface area contributed by atoms with Crippen LogP contribution in [0.5, 0.6) is 5.75 Å². The summed E-state index contributed by atoms with van der Waals surface area (Å²) in [6.45, 7) is 3.22. The van der Waals surface area contributed by atoms with E-state index in [0.29, 0.717) is 29.3 Å². The molecule has 2 aliphatic heterocycles. The highest BCUT2D eigenvalue weighted by Gasteiger charge is 2.46. The zero-order valence-electron chi connectivity index (χ0n) is 22.8. The number of benzene rings is 2. The topological polar surface area (TPSA) is 112 Å². The normalized spacial score (nSPS) is 17.0. The minimum absolute atomic E-state index is 0.0102. The molecule has 0 saturated carbocycles. The predicted octanol–water partition coefficient (Wildman–Crippen LogP) is 3.74. The summed E-state index contributed by atoms with van der Waals surface area (Å²) in [7, 11) is 0. The molecule has 0 aliphatic carbocycles. The van der Waals surface area contributed by atoms with Crippen LogP contribution in [-0.2, 0) is 16.0 Å². The van der Waals surface area contributed by atoms with Crippen LogP contribution < -0.4 is 9.64 Å². The number of piperidine rings is 1. The van der Waals surface area contributed by atoms with E-state index in [-0.39, 0.29) is 31.5 Å². The Kier molecular flexibility index (Phi) is 8.89. The molecule has 220 valence electrons. The van der Waals surface area contributed by atoms with Gasteiger partial charge in [0.15, 0.2) is 0 Å². The molecule has 1 N–H and O–H groups in total. The Morgan fingerprint density at radius 3 is 2.48 bits per heavy atom. The van der Waals surface area contributed by atoms with E-state index in [2.05, 4.69) is 40.2 Å². The Labute approximate surface area is 241 Å². The van der Waals surface area contributed by atoms with Crippen LogP contribution in [0.25, 0.3) is 11.3 Å². The van der Waals surface area contributed by atoms with Crippen LogP contribution in [0.2, 0.25) is 0 Å². The van der Waals surface area contributed by atoms with Crippen LogP contribution in [0, 0.1) is 11.3 Å². The number of nitriles is 1. The molecule has 1 aromatic heterocycles. The van der Waals surface area contributed by atoms with E-state index in [4.69, 9.17) is 14.5 Å². The zero-order chi connectivity index (χ0) is 29.7. The minimum Gasteiger partial charge on any atom is -0.489 e. The van der Waals surface area contributed by atoms with Crippen LogP contribution in [0.4, 0.5) is 18.9 Å². The van der Waals surface area contributed by atoms with E-state index in [1.54, 1.807) is 30.5 Å². The fraction of sp³-hybridized carbons (Fsp3) is 0.400. The van der Waals surface area contributed by atoms with E-state index in [1.165, 1.54) is 0 Å². The van der Waals surface area contributed by atoms with Crippen LogP contribution >= 0.6 is 0 Å². The number of aliphatic hydroxyl groups is 1. The van der Waals surface area contributed by atoms with E-state index in [9.17, 15) is 28.3 Å². The molecule has 0 spiro atoms. The van der Waals surface area contributed by atoms with Crippen molar-refractivity contribution in [3.63, 3.8) is 0 Å². The molecule has 3 heterocycles. The standard InChI is InChI=1S/C30H30F3N5O4/c31-30(32,33)28(39)29(40)38-11-8-24(9-12-38)42-26-6-3-21(18-22(26)19-34)25-7-10-35-27(36-25)17-20-1-4-23(5-2-20)37-13-15-41-16-14-37/h1-7,10,18,24,28,39H,8-9,11-17H2/t28-/m1/s1. The smallest absolute Gasteiger partial charge is 0.423 e. The quantitative estimate of drug-likeness (QED) is 0.449. The van der Waals surface area contributed by atoms with Gasteiger partial charge in [0.05, 0.1) is 24.5 Å². The van der Waals surface area contributed by atoms with Gasteiger partial charge in [0.2, 0.25) is 6.10 Å². The average Bonchev–Trinajstić information content (AvgIpc) is 3.01. The lowest BCUT2D eigenvalue weighted by Gasteiger charge is -2.33. The van der Waals surface area contributed by atoms with E-state index >= 15 is 0 Å². The van der Waals surface area contributed by atoms with Gasteiger partial charge in [-0.1, -0.05) is 12.1 Å². The number of morpholine rings is 1. The second-order valence-electron chi connectivity index (χ2n) is 10.2. The summed E-state index contributed by atoms with van der Waals surface area (Å²) in [5, 5.41) is 19.0. The minimum atomic E-state index is -5.01. The maximum absolute atomic E-state index is 12.7. The van der Waals surface area contributed by atoms with Crippen LogP contribution in [0.3, 0.4) is 0 Å². The number of rotatable bonds is 7. The third-order valence-corrected chi connectivity index (χ3v) is 7.37. The first kappa shape index (κ1) is 29.3. The van der Waals surface area contributed by atoms with Crippen LogP contribution in [-0.4, -0.2) is 83.7 Å². The lowest BCUT2D eigenvalue weighted by Crippen LogP contribution is -2.50. The highest BCUT2D eigenvalue weighted by Crippen LogP contribution is 2.29. The molecule has 1 atom stereocenters. The number of nitrogens with zero attached hydrogens (tertiary/aromatic N) is 5. The second-order valence-corrected chi connectivity index (χ2v) is 10.2. The molecule has 9 nitrogen and oxygen atoms in total. The summed E-state index contributed by atoms with van der Waals surface area (Å²) in [5.41, 5.74) is 3.89. The Bertz CT molecular complexity index is 1430. The number of ether oxygens (including phenoxy) is 2. The monoisotopic (exact) mass is 581 g/mol. The number of aromatic nitrogens is 2. The molecule has 12 heteroatoms. The van der Waals surface area contributed by atoms with Gasteiger partial charge in [-0.2, -0.15) is 18.4 Å². The van der Waals surface area contributed by atoms with Crippen molar-refractivity contribution in [1.82, 2.24) is 14.9 Å². The van der Waals surface area contributed by atoms with Gasteiger partial charge in [-0.25, -0.2) is 9.97 Å². The van der Waals surface area contributed by atoms with Gasteiger partial charge in [-0.05, 0) is 42.0 Å². The molecule has 2 aromatic carbocycles. The number of carbonyl (C=O) groups excluding carboxylic acids is 1. The number of amides is 1. The number of likely N-dealkylation sites (tertiary alicyclic amines) is 1. The van der Waals surface area contributed by atoms with Gasteiger partial charge in [-0.3, -0.25) is 4.79 Å². The zero-order valence-corrected chi connectivity index (χ0v) is 22.8. The van der Waals surface area contributed by atoms with Gasteiger partial charge in [0, 0.05) is 62.9 Å². The van der Waals surface area contributed by atoms with E-state index in [1.807, 2.05) is 0 Å². The maximum atomic E-state index is 12.7. The maximum Gasteiger partial charge on any atom is 0.423 e. The largest absolute Gasteiger partial charge is 0.489 e. The molecule has 0 bridgehead atoms. The van der Waals surface area contributed by atoms with Gasteiger partial charge >= 0.3 is 6.18 Å². The molecule has 2 saturated heterocycles. The highest BCUT2D eigenvalue weighted by molar-refractivity contribution is 5.81. The Hall–Kier alpha value is -4.21. The Balaban J connectivity index is 1.21. The number of hydrogen-bond acceptors (Lipinski definition) is 8. The number of anilines is 1. The number of hydrogen-bond donors (Lipinski definition) is 1. The third-order valence-electron chi connectivity index (χ3n) is 7.37. The average molecular weight is 582 g/mol. The number of carbonyl (C=O) groups is 1. The summed E-state index contributed by atoms with van der Waals surface area (Å²) in [6, 6.07) is 17.4. The van der Waals surface area contributed by atoms with Gasteiger partial charge in [0.1, 0.15) is 23.7 Å². The summed E-state index contributed by atoms with van der Waals surface area (Å²) in [6.07, 6.45) is -5.66. The summed E-state index contributed by atoms with van der Waals surface area (Å²) in [5.74, 6) is -0.379. The van der Waals surface area contributed by atoms with Crippen molar-refractivity contribution in [1.29, 1.82) is 5.26 Å². The molecule has 2 aliphatic rings. The number of alkyl halides is 3. The SMILES string of the molecule is N#Cc1cc(-c2ccnc(Cc3ccc(N4CCOCC4)cc3)n2)ccc1OC1CCN(C(=O)[C@@H](O)C(F)(F)F)CC1. The van der Waals surface area contributed by atoms with Crippen molar-refractivity contribution in [3.05, 3.63) is 71.7 Å². The first-order chi connectivity index (χ1) is 20.2. The van der Waals surface area contributed by atoms with E-state index in [0.717, 1.165) is 42.5 Å². The molecular weight excluding hydrogens is 551 g/mol. The van der Waals surface area contributed by atoms with Gasteiger partial charge in [0.25, 0.3) is 5.91 Å². The second kappa shape index (κ2) is 12.8. The first-order valence-electron chi connectivity index (χ1n) is 13.7. The number of halogens is 3. The van der Waals surface area contributed by atoms with Crippen molar-refractivity contribution >= 4 is 11.6 Å². The fourth-order valence-electron chi connectivity index (χ4n) is 5.04. The number of aliphatic hydroxyl groups excluding tert-OH is 1. The van der Waals surface area contributed by atoms with Crippen LogP contribution in [0.15, 0.2) is 54.7 Å². The van der Waals surface area contributed by atoms with Crippen molar-refractivity contribution in [2.45, 2.75) is 37.6 Å². The van der Waals surface area contributed by atoms with Crippen molar-refractivity contribution in [2.75, 3.05) is 44.3 Å². The van der Waals surface area contributed by atoms with E-state index < -0.39 is 24.3 Å². The molecule has 5 rings (SSSR count). The third kappa shape index (κ3) is 6.98. The summed E-state index contributed by atoms with van der Waals surface area (Å²) in [4.78, 5) is 24.3. The summed E-state index contributed by atoms with van der Waals surface area (Å²) >= 11 is 0. The van der Waals surface area contributed by atoms with Gasteiger partial charge < -0.3 is 24.4 Å². The predicted molar refractivity (Wildman–Crippen MR) is 147 cm³/mol. The summed E-state index contributed by atoms with van der Waals surface area (Å²) < 4.78 is 49.5.